The second-order valence-corrected chi connectivity index (χ2v) is 6.50. The van der Waals surface area contributed by atoms with E-state index in [0.29, 0.717) is 0 Å². The van der Waals surface area contributed by atoms with Gasteiger partial charge >= 0.3 is 0 Å². The average molecular weight is 276 g/mol. The van der Waals surface area contributed by atoms with E-state index in [9.17, 15) is 4.39 Å². The third kappa shape index (κ3) is 2.30. The molecule has 1 heterocycles. The van der Waals surface area contributed by atoms with Gasteiger partial charge in [0.2, 0.25) is 0 Å². The van der Waals surface area contributed by atoms with Crippen LogP contribution < -0.4 is 5.73 Å². The molecule has 2 aromatic rings. The summed E-state index contributed by atoms with van der Waals surface area (Å²) in [5, 5.41) is 1.00. The van der Waals surface area contributed by atoms with Crippen molar-refractivity contribution in [2.45, 2.75) is 38.1 Å². The average Bonchev–Trinajstić information content (AvgIpc) is 2.97. The molecule has 1 aliphatic rings. The van der Waals surface area contributed by atoms with Crippen LogP contribution in [-0.2, 0) is 5.54 Å². The molecule has 1 aromatic heterocycles. The summed E-state index contributed by atoms with van der Waals surface area (Å²) in [7, 11) is 0. The molecule has 0 atom stereocenters. The number of halogens is 1. The van der Waals surface area contributed by atoms with Crippen LogP contribution in [0.3, 0.4) is 0 Å². The van der Waals surface area contributed by atoms with Crippen LogP contribution in [-0.4, -0.2) is 4.98 Å². The molecule has 1 fully saturated rings. The highest BCUT2D eigenvalue weighted by Crippen LogP contribution is 2.40. The monoisotopic (exact) mass is 276 g/mol. The molecule has 0 spiro atoms. The van der Waals surface area contributed by atoms with Crippen molar-refractivity contribution in [1.82, 2.24) is 4.98 Å². The molecule has 2 nitrogen and oxygen atoms in total. The third-order valence-corrected chi connectivity index (χ3v) is 5.01. The van der Waals surface area contributed by atoms with Crippen molar-refractivity contribution in [3.05, 3.63) is 40.0 Å². The number of nitrogens with zero attached hydrogens (tertiary/aromatic N) is 1. The summed E-state index contributed by atoms with van der Waals surface area (Å²) < 4.78 is 13.3. The number of hydrogen-bond acceptors (Lipinski definition) is 3. The number of benzene rings is 1. The Morgan fingerprint density at radius 3 is 2.74 bits per heavy atom. The molecular weight excluding hydrogens is 259 g/mol. The van der Waals surface area contributed by atoms with E-state index in [1.54, 1.807) is 17.4 Å². The standard InChI is InChI=1S/C15H17FN2S/c1-10-13(11-5-4-6-12(16)9-11)18-14(19-10)15(17)7-2-3-8-15/h4-6,9H,2-3,7-8,17H2,1H3. The van der Waals surface area contributed by atoms with Gasteiger partial charge in [-0.1, -0.05) is 25.0 Å². The van der Waals surface area contributed by atoms with Gasteiger partial charge in [0, 0.05) is 10.4 Å². The molecule has 4 heteroatoms. The highest BCUT2D eigenvalue weighted by molar-refractivity contribution is 7.12. The smallest absolute Gasteiger partial charge is 0.123 e. The van der Waals surface area contributed by atoms with Crippen molar-refractivity contribution >= 4 is 11.3 Å². The second kappa shape index (κ2) is 4.69. The molecule has 0 amide bonds. The maximum absolute atomic E-state index is 13.3. The molecule has 3 rings (SSSR count). The molecule has 0 saturated heterocycles. The molecule has 0 radical (unpaired) electrons. The Hall–Kier alpha value is -1.26. The lowest BCUT2D eigenvalue weighted by Crippen LogP contribution is -2.32. The topological polar surface area (TPSA) is 38.9 Å². The van der Waals surface area contributed by atoms with Crippen LogP contribution in [0, 0.1) is 12.7 Å². The van der Waals surface area contributed by atoms with Gasteiger partial charge < -0.3 is 5.73 Å². The van der Waals surface area contributed by atoms with Gasteiger partial charge in [-0.3, -0.25) is 0 Å². The SMILES string of the molecule is Cc1sc(C2(N)CCCC2)nc1-c1cccc(F)c1. The molecule has 0 unspecified atom stereocenters. The van der Waals surface area contributed by atoms with E-state index in [2.05, 4.69) is 0 Å². The van der Waals surface area contributed by atoms with Crippen molar-refractivity contribution in [3.63, 3.8) is 0 Å². The number of aromatic nitrogens is 1. The first-order valence-electron chi connectivity index (χ1n) is 6.61. The van der Waals surface area contributed by atoms with Gasteiger partial charge in [0.15, 0.2) is 0 Å². The van der Waals surface area contributed by atoms with Crippen LogP contribution >= 0.6 is 11.3 Å². The Kier molecular flexibility index (Phi) is 3.15. The van der Waals surface area contributed by atoms with Crippen LogP contribution in [0.1, 0.15) is 35.6 Å². The minimum Gasteiger partial charge on any atom is -0.319 e. The number of aryl methyl sites for hydroxylation is 1. The Morgan fingerprint density at radius 1 is 1.32 bits per heavy atom. The first kappa shape index (κ1) is 12.8. The van der Waals surface area contributed by atoms with E-state index < -0.39 is 0 Å². The molecule has 1 aromatic carbocycles. The largest absolute Gasteiger partial charge is 0.319 e. The van der Waals surface area contributed by atoms with Gasteiger partial charge in [0.05, 0.1) is 11.2 Å². The lowest BCUT2D eigenvalue weighted by molar-refractivity contribution is 0.459. The minimum absolute atomic E-state index is 0.227. The summed E-state index contributed by atoms with van der Waals surface area (Å²) in [6.07, 6.45) is 4.35. The molecule has 2 N–H and O–H groups in total. The molecule has 1 aliphatic carbocycles. The van der Waals surface area contributed by atoms with Crippen LogP contribution in [0.2, 0.25) is 0 Å². The lowest BCUT2D eigenvalue weighted by Gasteiger charge is -2.19. The summed E-state index contributed by atoms with van der Waals surface area (Å²) in [5.41, 5.74) is 7.89. The van der Waals surface area contributed by atoms with Crippen molar-refractivity contribution in [1.29, 1.82) is 0 Å². The zero-order valence-electron chi connectivity index (χ0n) is 10.9. The molecular formula is C15H17FN2S. The van der Waals surface area contributed by atoms with Gasteiger partial charge in [0.25, 0.3) is 0 Å². The summed E-state index contributed by atoms with van der Waals surface area (Å²) in [4.78, 5) is 5.81. The van der Waals surface area contributed by atoms with Crippen LogP contribution in [0.25, 0.3) is 11.3 Å². The Labute approximate surface area is 116 Å². The second-order valence-electron chi connectivity index (χ2n) is 5.30. The maximum Gasteiger partial charge on any atom is 0.123 e. The van der Waals surface area contributed by atoms with Crippen LogP contribution in [0.15, 0.2) is 24.3 Å². The minimum atomic E-state index is -0.263. The fourth-order valence-electron chi connectivity index (χ4n) is 2.73. The highest BCUT2D eigenvalue weighted by Gasteiger charge is 2.34. The first-order valence-corrected chi connectivity index (χ1v) is 7.43. The quantitative estimate of drug-likeness (QED) is 0.901. The van der Waals surface area contributed by atoms with Crippen molar-refractivity contribution in [3.8, 4) is 11.3 Å². The summed E-state index contributed by atoms with van der Waals surface area (Å²) in [6.45, 7) is 2.03. The van der Waals surface area contributed by atoms with E-state index in [1.807, 2.05) is 13.0 Å². The predicted molar refractivity (Wildman–Crippen MR) is 76.6 cm³/mol. The summed E-state index contributed by atoms with van der Waals surface area (Å²) in [6, 6.07) is 6.60. The fourth-order valence-corrected chi connectivity index (χ4v) is 3.83. The predicted octanol–water partition coefficient (Wildman–Crippen LogP) is 3.99. The lowest BCUT2D eigenvalue weighted by atomic mass is 10.0. The Bertz CT molecular complexity index is 600. The van der Waals surface area contributed by atoms with Gasteiger partial charge in [-0.05, 0) is 31.9 Å². The highest BCUT2D eigenvalue weighted by atomic mass is 32.1. The number of thiazole rings is 1. The van der Waals surface area contributed by atoms with E-state index >= 15 is 0 Å². The van der Waals surface area contributed by atoms with Crippen molar-refractivity contribution in [2.24, 2.45) is 5.73 Å². The zero-order chi connectivity index (χ0) is 13.5. The van der Waals surface area contributed by atoms with E-state index in [-0.39, 0.29) is 11.4 Å². The van der Waals surface area contributed by atoms with Crippen molar-refractivity contribution < 1.29 is 4.39 Å². The van der Waals surface area contributed by atoms with Crippen molar-refractivity contribution in [2.75, 3.05) is 0 Å². The fraction of sp³-hybridized carbons (Fsp3) is 0.400. The Balaban J connectivity index is 2.02. The molecule has 0 aliphatic heterocycles. The molecule has 0 bridgehead atoms. The normalized spacial score (nSPS) is 17.8. The summed E-state index contributed by atoms with van der Waals surface area (Å²) in [5.74, 6) is -0.227. The Morgan fingerprint density at radius 2 is 2.05 bits per heavy atom. The van der Waals surface area contributed by atoms with Gasteiger partial charge in [-0.2, -0.15) is 0 Å². The maximum atomic E-state index is 13.3. The molecule has 19 heavy (non-hydrogen) atoms. The number of rotatable bonds is 2. The van der Waals surface area contributed by atoms with E-state index in [0.717, 1.165) is 34.0 Å². The molecule has 1 saturated carbocycles. The van der Waals surface area contributed by atoms with Crippen LogP contribution in [0.5, 0.6) is 0 Å². The first-order chi connectivity index (χ1) is 9.08. The van der Waals surface area contributed by atoms with Crippen LogP contribution in [0.4, 0.5) is 4.39 Å². The van der Waals surface area contributed by atoms with Gasteiger partial charge in [0.1, 0.15) is 10.8 Å². The van der Waals surface area contributed by atoms with E-state index in [4.69, 9.17) is 10.7 Å². The number of hydrogen-bond donors (Lipinski definition) is 1. The van der Waals surface area contributed by atoms with Gasteiger partial charge in [-0.25, -0.2) is 9.37 Å². The van der Waals surface area contributed by atoms with Gasteiger partial charge in [-0.15, -0.1) is 11.3 Å². The molecule has 100 valence electrons. The number of nitrogens with two attached hydrogens (primary N) is 1. The third-order valence-electron chi connectivity index (χ3n) is 3.82. The zero-order valence-corrected chi connectivity index (χ0v) is 11.8. The van der Waals surface area contributed by atoms with E-state index in [1.165, 1.54) is 25.0 Å². The summed E-state index contributed by atoms with van der Waals surface area (Å²) >= 11 is 1.65.